The fraction of sp³-hybridized carbons (Fsp3) is 0.521. The number of esters is 2. The highest BCUT2D eigenvalue weighted by Gasteiger charge is 2.50. The number of fused-ring (bicyclic) bond motifs is 5. The van der Waals surface area contributed by atoms with Gasteiger partial charge >= 0.3 is 11.9 Å². The molecule has 2 aromatic heterocycles. The summed E-state index contributed by atoms with van der Waals surface area (Å²) in [7, 11) is 1.56. The highest BCUT2D eigenvalue weighted by Crippen LogP contribution is 2.42. The summed E-state index contributed by atoms with van der Waals surface area (Å²) >= 11 is 1.83. The first kappa shape index (κ1) is 60.2. The van der Waals surface area contributed by atoms with Gasteiger partial charge in [-0.05, 0) is 56.6 Å². The number of ketones is 1. The van der Waals surface area contributed by atoms with Crippen LogP contribution in [0.15, 0.2) is 29.1 Å². The molecule has 0 spiro atoms. The molecule has 7 atom stereocenters. The van der Waals surface area contributed by atoms with E-state index in [0.29, 0.717) is 28.7 Å². The van der Waals surface area contributed by atoms with Gasteiger partial charge in [0, 0.05) is 55.5 Å². The lowest BCUT2D eigenvalue weighted by Gasteiger charge is -2.35. The Morgan fingerprint density at radius 1 is 0.816 bits per heavy atom. The summed E-state index contributed by atoms with van der Waals surface area (Å²) in [6, 6.07) is 4.68. The summed E-state index contributed by atoms with van der Waals surface area (Å²) in [5, 5.41) is 68.8. The predicted molar refractivity (Wildman–Crippen MR) is 273 cm³/mol. The smallest absolute Gasteiger partial charge is 0.355 e. The molecule has 12 N–H and O–H groups in total. The number of nitrogens with one attached hydrogen (secondary N) is 7. The number of aliphatic hydroxyl groups excluding tert-OH is 4. The zero-order chi connectivity index (χ0) is 56.0. The van der Waals surface area contributed by atoms with E-state index >= 15 is 0 Å². The second-order valence-corrected chi connectivity index (χ2v) is 18.9. The summed E-state index contributed by atoms with van der Waals surface area (Å²) in [6.45, 7) is 2.44. The van der Waals surface area contributed by atoms with E-state index in [1.165, 1.54) is 24.5 Å². The molecule has 76 heavy (non-hydrogen) atoms. The molecule has 0 saturated heterocycles. The number of hydrogen-bond donors (Lipinski definition) is 12. The zero-order valence-corrected chi connectivity index (χ0v) is 44.1. The number of benzene rings is 1. The molecule has 5 rings (SSSR count). The van der Waals surface area contributed by atoms with Crippen LogP contribution >= 0.6 is 22.6 Å². The van der Waals surface area contributed by atoms with E-state index in [0.717, 1.165) is 11.1 Å². The molecule has 414 valence electrons. The van der Waals surface area contributed by atoms with Crippen molar-refractivity contribution in [2.75, 3.05) is 53.0 Å². The molecule has 2 aliphatic heterocycles. The minimum Gasteiger partial charge on any atom is -0.508 e. The summed E-state index contributed by atoms with van der Waals surface area (Å²) < 4.78 is 17.4. The van der Waals surface area contributed by atoms with Crippen molar-refractivity contribution in [3.05, 3.63) is 56.9 Å². The minimum absolute atomic E-state index is 0.0211. The Hall–Kier alpha value is -6.70. The fourth-order valence-electron chi connectivity index (χ4n) is 8.31. The standard InChI is InChI=1S/C48H62IN9O18/c1-5-25-26-17-24(60)7-8-30(26)57-36-27(25)21-58-32(36)18-29-28(46(58)72)22-75-47(73)48(29,6-2)76-35(63)20-55-34(62)19-31(56-33(61)10-16-74-15-9-23(3)59)42(68)51-11-12-52-43(69)39(66)37(64)38(65)40(67)44(70)53-13-14-54-45(71)41(49)50-4/h7-8,17-18,31,37-41,50,60,64-67H,5-6,9-16,19-22H2,1-4H3,(H,51,68)(H,52,69)(H,53,70)(H,54,71)(H,55,62)(H,56,61)/t31?,37-,38+,39+,40-,41?,48-/m0/s1. The number of rotatable bonds is 28. The number of halogens is 1. The van der Waals surface area contributed by atoms with Crippen LogP contribution in [0.25, 0.3) is 22.3 Å². The molecule has 1 aromatic carbocycles. The molecule has 0 fully saturated rings. The maximum atomic E-state index is 14.1. The normalized spacial score (nSPS) is 16.7. The van der Waals surface area contributed by atoms with Gasteiger partial charge in [-0.1, -0.05) is 36.4 Å². The number of pyridine rings is 2. The van der Waals surface area contributed by atoms with Gasteiger partial charge in [-0.2, -0.15) is 0 Å². The third-order valence-electron chi connectivity index (χ3n) is 12.4. The Balaban J connectivity index is 1.20. The molecule has 0 bridgehead atoms. The Bertz CT molecular complexity index is 2780. The van der Waals surface area contributed by atoms with Crippen molar-refractivity contribution in [2.24, 2.45) is 0 Å². The molecule has 0 aliphatic carbocycles. The second kappa shape index (κ2) is 27.4. The van der Waals surface area contributed by atoms with Crippen LogP contribution in [0, 0.1) is 0 Å². The van der Waals surface area contributed by atoms with Gasteiger partial charge in [0.25, 0.3) is 17.4 Å². The van der Waals surface area contributed by atoms with Crippen molar-refractivity contribution >= 4 is 86.7 Å². The third-order valence-corrected chi connectivity index (χ3v) is 13.6. The first-order chi connectivity index (χ1) is 36.1. The number of carbonyl (C=O) groups is 9. The number of aryl methyl sites for hydroxylation is 1. The summed E-state index contributed by atoms with van der Waals surface area (Å²) in [6.07, 6.45) is -10.1. The monoisotopic (exact) mass is 1180 g/mol. The van der Waals surface area contributed by atoms with Crippen LogP contribution in [0.1, 0.15) is 68.7 Å². The van der Waals surface area contributed by atoms with E-state index in [9.17, 15) is 73.5 Å². The van der Waals surface area contributed by atoms with Gasteiger partial charge in [-0.15, -0.1) is 0 Å². The van der Waals surface area contributed by atoms with Crippen LogP contribution < -0.4 is 42.8 Å². The van der Waals surface area contributed by atoms with E-state index in [4.69, 9.17) is 19.2 Å². The SMILES string of the molecule is CCc1c2c(nc3ccc(O)cc13)-c1cc3c(c(=O)n1C2)COC(=O)[C@@]3(CC)OC(=O)CNC(=O)CC(NC(=O)CCOCCC(C)=O)C(=O)NCCNC(=O)[C@H](O)[C@@H](O)[C@@H](O)[C@H](O)C(=O)NCCNC(=O)C(I)NC. The van der Waals surface area contributed by atoms with Crippen LogP contribution in [0.3, 0.4) is 0 Å². The average Bonchev–Trinajstić information content (AvgIpc) is 3.76. The van der Waals surface area contributed by atoms with Gasteiger partial charge in [-0.25, -0.2) is 9.78 Å². The van der Waals surface area contributed by atoms with E-state index in [2.05, 4.69) is 37.2 Å². The van der Waals surface area contributed by atoms with Crippen molar-refractivity contribution in [3.63, 3.8) is 0 Å². The number of amides is 6. The lowest BCUT2D eigenvalue weighted by Crippen LogP contribution is -2.55. The number of aromatic nitrogens is 2. The van der Waals surface area contributed by atoms with Crippen molar-refractivity contribution in [1.29, 1.82) is 0 Å². The Morgan fingerprint density at radius 3 is 2.01 bits per heavy atom. The molecular weight excluding hydrogens is 1120 g/mol. The number of Topliss-reactive ketones (excluding diaryl/α,β-unsaturated/α-hetero) is 1. The number of phenols is 1. The molecule has 2 aliphatic rings. The van der Waals surface area contributed by atoms with Gasteiger partial charge in [0.15, 0.2) is 12.2 Å². The number of carbonyl (C=O) groups excluding carboxylic acids is 9. The van der Waals surface area contributed by atoms with E-state index in [-0.39, 0.29) is 74.8 Å². The molecule has 28 heteroatoms. The number of hydrogen-bond acceptors (Lipinski definition) is 20. The summed E-state index contributed by atoms with van der Waals surface area (Å²) in [5.41, 5.74) is 0.471. The molecule has 6 amide bonds. The molecular formula is C48H62IN9O18. The molecule has 0 saturated carbocycles. The minimum atomic E-state index is -2.40. The van der Waals surface area contributed by atoms with Gasteiger partial charge in [0.1, 0.15) is 47.0 Å². The Kier molecular flexibility index (Phi) is 21.7. The van der Waals surface area contributed by atoms with Crippen molar-refractivity contribution in [2.45, 2.75) is 106 Å². The predicted octanol–water partition coefficient (Wildman–Crippen LogP) is -3.84. The van der Waals surface area contributed by atoms with Gasteiger partial charge in [0.05, 0.1) is 48.6 Å². The number of ether oxygens (including phenoxy) is 3. The van der Waals surface area contributed by atoms with Crippen LogP contribution in [-0.4, -0.2) is 176 Å². The summed E-state index contributed by atoms with van der Waals surface area (Å²) in [4.78, 5) is 134. The highest BCUT2D eigenvalue weighted by atomic mass is 127. The van der Waals surface area contributed by atoms with E-state index in [1.807, 2.05) is 29.5 Å². The topological polar surface area (TPSA) is 402 Å². The number of phenolic OH excluding ortho intramolecular Hbond substituents is 1. The first-order valence-electron chi connectivity index (χ1n) is 24.2. The number of nitrogens with zero attached hydrogens (tertiary/aromatic N) is 2. The Morgan fingerprint density at radius 2 is 1.42 bits per heavy atom. The van der Waals surface area contributed by atoms with Crippen LogP contribution in [-0.2, 0) is 82.5 Å². The van der Waals surface area contributed by atoms with Gasteiger partial charge < -0.3 is 81.5 Å². The summed E-state index contributed by atoms with van der Waals surface area (Å²) in [5.74, 6) is -7.81. The number of alkyl halides is 1. The third kappa shape index (κ3) is 14.6. The van der Waals surface area contributed by atoms with Crippen LogP contribution in [0.2, 0.25) is 0 Å². The van der Waals surface area contributed by atoms with Crippen molar-refractivity contribution in [3.8, 4) is 17.1 Å². The Labute approximate surface area is 447 Å². The second-order valence-electron chi connectivity index (χ2n) is 17.6. The first-order valence-corrected chi connectivity index (χ1v) is 25.4. The quantitative estimate of drug-likeness (QED) is 0.00852. The number of cyclic esters (lactones) is 1. The van der Waals surface area contributed by atoms with Crippen molar-refractivity contribution in [1.82, 2.24) is 46.8 Å². The van der Waals surface area contributed by atoms with E-state index in [1.54, 1.807) is 25.2 Å². The molecule has 0 radical (unpaired) electrons. The van der Waals surface area contributed by atoms with Crippen LogP contribution in [0.5, 0.6) is 5.75 Å². The molecule has 2 unspecified atom stereocenters. The maximum absolute atomic E-state index is 14.1. The highest BCUT2D eigenvalue weighted by molar-refractivity contribution is 14.1. The molecule has 27 nitrogen and oxygen atoms in total. The van der Waals surface area contributed by atoms with Gasteiger partial charge in [-0.3, -0.25) is 43.2 Å². The van der Waals surface area contributed by atoms with Gasteiger partial charge in [0.2, 0.25) is 29.2 Å². The van der Waals surface area contributed by atoms with Crippen LogP contribution in [0.4, 0.5) is 0 Å². The molecule has 4 heterocycles. The number of aromatic hydroxyl groups is 1. The number of likely N-dealkylation sites (N-methyl/N-ethyl adjacent to an activating group) is 1. The molecule has 3 aromatic rings. The fourth-order valence-corrected chi connectivity index (χ4v) is 8.53. The lowest BCUT2D eigenvalue weighted by molar-refractivity contribution is -0.189. The number of aliphatic hydroxyl groups is 4. The largest absolute Gasteiger partial charge is 0.508 e. The average molecular weight is 1180 g/mol. The lowest BCUT2D eigenvalue weighted by atomic mass is 9.85. The zero-order valence-electron chi connectivity index (χ0n) is 42.0. The van der Waals surface area contributed by atoms with Crippen molar-refractivity contribution < 1.29 is 82.9 Å². The van der Waals surface area contributed by atoms with E-state index < -0.39 is 126 Å². The maximum Gasteiger partial charge on any atom is 0.355 e.